The lowest BCUT2D eigenvalue weighted by molar-refractivity contribution is -0.144. The second kappa shape index (κ2) is 10.1. The van der Waals surface area contributed by atoms with Crippen molar-refractivity contribution in [3.63, 3.8) is 0 Å². The molecule has 0 spiro atoms. The van der Waals surface area contributed by atoms with Crippen LogP contribution in [0, 0.1) is 20.8 Å². The van der Waals surface area contributed by atoms with Crippen LogP contribution in [0.5, 0.6) is 11.5 Å². The Morgan fingerprint density at radius 3 is 2.31 bits per heavy atom. The molecule has 0 saturated heterocycles. The van der Waals surface area contributed by atoms with Crippen LogP contribution < -0.4 is 9.47 Å². The standard InChI is InChI=1S/C24H30O5/c1-15-16(2)23(28-6)21(17(3)22(15)27-5)24(29-18(4)26)20-12-9-11-19(14-20)10-7-8-13-25/h7,9-12,14,24-25H,8,13H2,1-6H3/b10-7+. The van der Waals surface area contributed by atoms with Crippen LogP contribution in [0.3, 0.4) is 0 Å². The first-order valence-electron chi connectivity index (χ1n) is 9.61. The molecular weight excluding hydrogens is 368 g/mol. The molecule has 1 atom stereocenters. The molecule has 0 saturated carbocycles. The second-order valence-corrected chi connectivity index (χ2v) is 6.93. The van der Waals surface area contributed by atoms with E-state index in [1.54, 1.807) is 14.2 Å². The number of carbonyl (C=O) groups is 1. The molecule has 2 aromatic rings. The Balaban J connectivity index is 2.70. The van der Waals surface area contributed by atoms with E-state index in [1.807, 2.05) is 57.2 Å². The van der Waals surface area contributed by atoms with Gasteiger partial charge in [0.25, 0.3) is 0 Å². The largest absolute Gasteiger partial charge is 0.496 e. The topological polar surface area (TPSA) is 65.0 Å². The number of hydrogen-bond acceptors (Lipinski definition) is 5. The summed E-state index contributed by atoms with van der Waals surface area (Å²) in [6.45, 7) is 7.41. The van der Waals surface area contributed by atoms with Crippen molar-refractivity contribution in [1.82, 2.24) is 0 Å². The van der Waals surface area contributed by atoms with Gasteiger partial charge in [0.05, 0.1) is 14.2 Å². The van der Waals surface area contributed by atoms with Gasteiger partial charge < -0.3 is 19.3 Å². The third-order valence-electron chi connectivity index (χ3n) is 5.01. The van der Waals surface area contributed by atoms with Gasteiger partial charge in [0.15, 0.2) is 6.10 Å². The van der Waals surface area contributed by atoms with Crippen molar-refractivity contribution >= 4 is 12.0 Å². The van der Waals surface area contributed by atoms with E-state index in [2.05, 4.69) is 0 Å². The number of hydrogen-bond donors (Lipinski definition) is 1. The summed E-state index contributed by atoms with van der Waals surface area (Å²) in [5.74, 6) is 1.07. The summed E-state index contributed by atoms with van der Waals surface area (Å²) >= 11 is 0. The highest BCUT2D eigenvalue weighted by atomic mass is 16.5. The van der Waals surface area contributed by atoms with Gasteiger partial charge in [-0.1, -0.05) is 30.4 Å². The summed E-state index contributed by atoms with van der Waals surface area (Å²) < 4.78 is 17.2. The molecule has 0 aliphatic rings. The number of aliphatic hydroxyl groups is 1. The zero-order chi connectivity index (χ0) is 21.6. The first kappa shape index (κ1) is 22.5. The van der Waals surface area contributed by atoms with Gasteiger partial charge in [-0.15, -0.1) is 0 Å². The third kappa shape index (κ3) is 4.98. The van der Waals surface area contributed by atoms with Crippen LogP contribution in [0.15, 0.2) is 30.3 Å². The highest BCUT2D eigenvalue weighted by Gasteiger charge is 2.28. The molecule has 0 radical (unpaired) electrons. The molecule has 0 aliphatic heterocycles. The maximum absolute atomic E-state index is 12.0. The molecule has 0 fully saturated rings. The molecule has 2 aromatic carbocycles. The summed E-state index contributed by atoms with van der Waals surface area (Å²) in [7, 11) is 3.26. The molecule has 156 valence electrons. The zero-order valence-electron chi connectivity index (χ0n) is 18.0. The average Bonchev–Trinajstić information content (AvgIpc) is 2.70. The lowest BCUT2D eigenvalue weighted by atomic mass is 9.90. The Kier molecular flexibility index (Phi) is 7.85. The molecule has 29 heavy (non-hydrogen) atoms. The maximum Gasteiger partial charge on any atom is 0.303 e. The molecule has 1 unspecified atom stereocenters. The van der Waals surface area contributed by atoms with Crippen LogP contribution in [0.25, 0.3) is 6.08 Å². The van der Waals surface area contributed by atoms with Crippen molar-refractivity contribution in [3.8, 4) is 11.5 Å². The minimum Gasteiger partial charge on any atom is -0.496 e. The van der Waals surface area contributed by atoms with Crippen molar-refractivity contribution < 1.29 is 24.1 Å². The summed E-state index contributed by atoms with van der Waals surface area (Å²) in [5.41, 5.74) is 5.38. The van der Waals surface area contributed by atoms with Crippen LogP contribution in [-0.4, -0.2) is 31.9 Å². The predicted molar refractivity (Wildman–Crippen MR) is 115 cm³/mol. The van der Waals surface area contributed by atoms with Gasteiger partial charge in [0.1, 0.15) is 11.5 Å². The average molecular weight is 398 g/mol. The molecule has 5 heteroatoms. The number of aliphatic hydroxyl groups excluding tert-OH is 1. The fraction of sp³-hybridized carbons (Fsp3) is 0.375. The number of carbonyl (C=O) groups excluding carboxylic acids is 1. The van der Waals surface area contributed by atoms with E-state index in [9.17, 15) is 4.79 Å². The summed E-state index contributed by atoms with van der Waals surface area (Å²) in [6.07, 6.45) is 3.79. The van der Waals surface area contributed by atoms with E-state index in [4.69, 9.17) is 19.3 Å². The minimum atomic E-state index is -0.637. The smallest absolute Gasteiger partial charge is 0.303 e. The van der Waals surface area contributed by atoms with Gasteiger partial charge >= 0.3 is 5.97 Å². The number of rotatable bonds is 8. The SMILES string of the molecule is COc1c(C)c(C)c(OC)c(C(OC(C)=O)c2cccc(/C=C/CCO)c2)c1C. The molecule has 0 bridgehead atoms. The van der Waals surface area contributed by atoms with Crippen LogP contribution in [-0.2, 0) is 9.53 Å². The maximum atomic E-state index is 12.0. The van der Waals surface area contributed by atoms with Gasteiger partial charge in [0.2, 0.25) is 0 Å². The fourth-order valence-corrected chi connectivity index (χ4v) is 3.58. The van der Waals surface area contributed by atoms with Gasteiger partial charge in [-0.25, -0.2) is 0 Å². The van der Waals surface area contributed by atoms with Crippen molar-refractivity contribution in [1.29, 1.82) is 0 Å². The van der Waals surface area contributed by atoms with Crippen LogP contribution >= 0.6 is 0 Å². The second-order valence-electron chi connectivity index (χ2n) is 6.93. The Bertz CT molecular complexity index is 899. The highest BCUT2D eigenvalue weighted by molar-refractivity contribution is 5.68. The quantitative estimate of drug-likeness (QED) is 0.654. The van der Waals surface area contributed by atoms with E-state index in [0.29, 0.717) is 12.2 Å². The van der Waals surface area contributed by atoms with Crippen molar-refractivity contribution in [3.05, 3.63) is 63.7 Å². The third-order valence-corrected chi connectivity index (χ3v) is 5.01. The Hall–Kier alpha value is -2.79. The van der Waals surface area contributed by atoms with E-state index < -0.39 is 6.10 Å². The van der Waals surface area contributed by atoms with Crippen molar-refractivity contribution in [2.75, 3.05) is 20.8 Å². The lowest BCUT2D eigenvalue weighted by Crippen LogP contribution is -2.15. The van der Waals surface area contributed by atoms with E-state index >= 15 is 0 Å². The van der Waals surface area contributed by atoms with E-state index in [1.165, 1.54) is 6.92 Å². The molecular formula is C24H30O5. The van der Waals surface area contributed by atoms with Gasteiger partial charge in [-0.05, 0) is 55.5 Å². The number of esters is 1. The van der Waals surface area contributed by atoms with Gasteiger partial charge in [-0.2, -0.15) is 0 Å². The summed E-state index contributed by atoms with van der Waals surface area (Å²) in [6, 6.07) is 7.79. The number of ether oxygens (including phenoxy) is 3. The Labute approximate surface area is 172 Å². The monoisotopic (exact) mass is 398 g/mol. The van der Waals surface area contributed by atoms with Crippen LogP contribution in [0.4, 0.5) is 0 Å². The Morgan fingerprint density at radius 1 is 1.07 bits per heavy atom. The van der Waals surface area contributed by atoms with E-state index in [-0.39, 0.29) is 12.6 Å². The normalized spacial score (nSPS) is 12.1. The van der Waals surface area contributed by atoms with Crippen molar-refractivity contribution in [2.24, 2.45) is 0 Å². The predicted octanol–water partition coefficient (Wildman–Crippen LogP) is 4.68. The Morgan fingerprint density at radius 2 is 1.72 bits per heavy atom. The first-order chi connectivity index (χ1) is 13.8. The van der Waals surface area contributed by atoms with Crippen LogP contribution in [0.2, 0.25) is 0 Å². The molecule has 0 amide bonds. The minimum absolute atomic E-state index is 0.102. The van der Waals surface area contributed by atoms with Crippen molar-refractivity contribution in [2.45, 2.75) is 40.2 Å². The van der Waals surface area contributed by atoms with Gasteiger partial charge in [0, 0.05) is 24.7 Å². The van der Waals surface area contributed by atoms with Gasteiger partial charge in [-0.3, -0.25) is 4.79 Å². The highest BCUT2D eigenvalue weighted by Crippen LogP contribution is 2.44. The lowest BCUT2D eigenvalue weighted by Gasteiger charge is -2.26. The van der Waals surface area contributed by atoms with Crippen LogP contribution in [0.1, 0.15) is 52.8 Å². The fourth-order valence-electron chi connectivity index (χ4n) is 3.58. The molecule has 0 aliphatic carbocycles. The molecule has 0 heterocycles. The molecule has 0 aromatic heterocycles. The number of methoxy groups -OCH3 is 2. The number of benzene rings is 2. The molecule has 2 rings (SSSR count). The molecule has 1 N–H and O–H groups in total. The molecule has 5 nitrogen and oxygen atoms in total. The summed E-state index contributed by atoms with van der Waals surface area (Å²) in [5, 5.41) is 8.99. The van der Waals surface area contributed by atoms with E-state index in [0.717, 1.165) is 39.1 Å². The summed E-state index contributed by atoms with van der Waals surface area (Å²) in [4.78, 5) is 12.0. The zero-order valence-corrected chi connectivity index (χ0v) is 18.0. The first-order valence-corrected chi connectivity index (χ1v) is 9.61.